The molecule has 1 aliphatic heterocycles. The number of nitrogens with one attached hydrogen (secondary N) is 2. The number of nitrogens with two attached hydrogens (primary N) is 1. The highest BCUT2D eigenvalue weighted by Gasteiger charge is 2.24. The lowest BCUT2D eigenvalue weighted by molar-refractivity contribution is -0.124. The highest BCUT2D eigenvalue weighted by Crippen LogP contribution is 2.15. The summed E-state index contributed by atoms with van der Waals surface area (Å²) in [5.74, 6) is 0.0210. The van der Waals surface area contributed by atoms with Gasteiger partial charge in [0.2, 0.25) is 11.8 Å². The van der Waals surface area contributed by atoms with Crippen LogP contribution < -0.4 is 16.4 Å². The Hall–Kier alpha value is -1.10. The third kappa shape index (κ3) is 5.68. The Balaban J connectivity index is 2.34. The smallest absolute Gasteiger partial charge is 0.220 e. The summed E-state index contributed by atoms with van der Waals surface area (Å²) in [6.07, 6.45) is 2.91. The van der Waals surface area contributed by atoms with Gasteiger partial charge in [-0.2, -0.15) is 0 Å². The van der Waals surface area contributed by atoms with Crippen LogP contribution in [0.1, 0.15) is 39.5 Å². The van der Waals surface area contributed by atoms with Crippen LogP contribution in [0.25, 0.3) is 0 Å². The quantitative estimate of drug-likeness (QED) is 0.640. The van der Waals surface area contributed by atoms with Crippen molar-refractivity contribution in [2.45, 2.75) is 45.1 Å². The van der Waals surface area contributed by atoms with Gasteiger partial charge in [-0.05, 0) is 45.7 Å². The summed E-state index contributed by atoms with van der Waals surface area (Å²) in [6.45, 7) is 5.58. The van der Waals surface area contributed by atoms with Crippen LogP contribution in [-0.2, 0) is 9.59 Å². The van der Waals surface area contributed by atoms with Gasteiger partial charge in [-0.3, -0.25) is 9.59 Å². The zero-order chi connectivity index (χ0) is 12.9. The fraction of sp³-hybridized carbons (Fsp3) is 0.833. The molecule has 98 valence electrons. The molecule has 5 heteroatoms. The first-order chi connectivity index (χ1) is 7.89. The zero-order valence-corrected chi connectivity index (χ0v) is 10.7. The second kappa shape index (κ2) is 6.00. The molecular weight excluding hydrogens is 218 g/mol. The Kier molecular flexibility index (Phi) is 4.93. The molecule has 0 aromatic heterocycles. The number of piperidine rings is 1. The van der Waals surface area contributed by atoms with E-state index in [0.717, 1.165) is 25.9 Å². The van der Waals surface area contributed by atoms with E-state index in [1.165, 1.54) is 0 Å². The predicted octanol–water partition coefficient (Wildman–Crippen LogP) is 0.146. The van der Waals surface area contributed by atoms with Gasteiger partial charge in [0.1, 0.15) is 0 Å². The van der Waals surface area contributed by atoms with Crippen LogP contribution >= 0.6 is 0 Å². The lowest BCUT2D eigenvalue weighted by Crippen LogP contribution is -2.47. The molecule has 0 radical (unpaired) electrons. The average Bonchev–Trinajstić information content (AvgIpc) is 2.15. The average molecular weight is 241 g/mol. The number of amides is 2. The van der Waals surface area contributed by atoms with Gasteiger partial charge >= 0.3 is 0 Å². The fourth-order valence-corrected chi connectivity index (χ4v) is 2.27. The number of hydrogen-bond donors (Lipinski definition) is 3. The molecule has 1 atom stereocenters. The van der Waals surface area contributed by atoms with Crippen LogP contribution in [0, 0.1) is 5.92 Å². The van der Waals surface area contributed by atoms with Gasteiger partial charge in [-0.25, -0.2) is 0 Å². The molecule has 5 nitrogen and oxygen atoms in total. The van der Waals surface area contributed by atoms with Gasteiger partial charge in [0.25, 0.3) is 0 Å². The van der Waals surface area contributed by atoms with Crippen LogP contribution in [0.4, 0.5) is 0 Å². The molecule has 0 aromatic carbocycles. The summed E-state index contributed by atoms with van der Waals surface area (Å²) in [7, 11) is 0. The van der Waals surface area contributed by atoms with E-state index in [4.69, 9.17) is 5.73 Å². The first-order valence-corrected chi connectivity index (χ1v) is 6.19. The monoisotopic (exact) mass is 241 g/mol. The van der Waals surface area contributed by atoms with E-state index < -0.39 is 11.4 Å². The minimum absolute atomic E-state index is 0.00458. The maximum absolute atomic E-state index is 11.8. The highest BCUT2D eigenvalue weighted by molar-refractivity contribution is 5.79. The van der Waals surface area contributed by atoms with Crippen molar-refractivity contribution in [3.05, 3.63) is 0 Å². The molecule has 1 saturated heterocycles. The fourth-order valence-electron chi connectivity index (χ4n) is 2.27. The van der Waals surface area contributed by atoms with Crippen LogP contribution in [-0.4, -0.2) is 30.4 Å². The molecule has 1 heterocycles. The minimum Gasteiger partial charge on any atom is -0.370 e. The molecule has 0 saturated carbocycles. The van der Waals surface area contributed by atoms with Gasteiger partial charge in [0.05, 0.1) is 0 Å². The molecule has 1 aliphatic rings. The van der Waals surface area contributed by atoms with Crippen molar-refractivity contribution in [2.24, 2.45) is 11.7 Å². The molecule has 2 amide bonds. The lowest BCUT2D eigenvalue weighted by atomic mass is 9.94. The van der Waals surface area contributed by atoms with Crippen molar-refractivity contribution < 1.29 is 9.59 Å². The highest BCUT2D eigenvalue weighted by atomic mass is 16.2. The second-order valence-corrected chi connectivity index (χ2v) is 5.49. The summed E-state index contributed by atoms with van der Waals surface area (Å²) in [5, 5.41) is 6.15. The molecule has 0 spiro atoms. The summed E-state index contributed by atoms with van der Waals surface area (Å²) in [6, 6.07) is 0. The van der Waals surface area contributed by atoms with Crippen LogP contribution in [0.3, 0.4) is 0 Å². The summed E-state index contributed by atoms with van der Waals surface area (Å²) in [4.78, 5) is 22.7. The number of primary amides is 1. The zero-order valence-electron chi connectivity index (χ0n) is 10.7. The van der Waals surface area contributed by atoms with Crippen molar-refractivity contribution in [3.63, 3.8) is 0 Å². The predicted molar refractivity (Wildman–Crippen MR) is 66.2 cm³/mol. The second-order valence-electron chi connectivity index (χ2n) is 5.49. The van der Waals surface area contributed by atoms with Crippen LogP contribution in [0.5, 0.6) is 0 Å². The largest absolute Gasteiger partial charge is 0.370 e. The van der Waals surface area contributed by atoms with E-state index in [1.807, 2.05) is 13.8 Å². The number of carbonyl (C=O) groups is 2. The summed E-state index contributed by atoms with van der Waals surface area (Å²) >= 11 is 0. The number of carbonyl (C=O) groups excluding carboxylic acids is 2. The Morgan fingerprint density at radius 1 is 1.47 bits per heavy atom. The molecule has 1 fully saturated rings. The van der Waals surface area contributed by atoms with Gasteiger partial charge in [0, 0.05) is 18.4 Å². The Labute approximate surface area is 103 Å². The Morgan fingerprint density at radius 2 is 2.18 bits per heavy atom. The van der Waals surface area contributed by atoms with E-state index in [1.54, 1.807) is 0 Å². The maximum Gasteiger partial charge on any atom is 0.220 e. The number of hydrogen-bond acceptors (Lipinski definition) is 3. The van der Waals surface area contributed by atoms with E-state index in [0.29, 0.717) is 12.3 Å². The topological polar surface area (TPSA) is 84.2 Å². The van der Waals surface area contributed by atoms with E-state index in [-0.39, 0.29) is 12.3 Å². The first-order valence-electron chi connectivity index (χ1n) is 6.19. The van der Waals surface area contributed by atoms with E-state index >= 15 is 0 Å². The van der Waals surface area contributed by atoms with Crippen molar-refractivity contribution in [1.82, 2.24) is 10.6 Å². The van der Waals surface area contributed by atoms with Crippen molar-refractivity contribution in [2.75, 3.05) is 13.1 Å². The lowest BCUT2D eigenvalue weighted by Gasteiger charge is -2.27. The molecule has 0 aromatic rings. The third-order valence-corrected chi connectivity index (χ3v) is 2.97. The van der Waals surface area contributed by atoms with E-state index in [2.05, 4.69) is 10.6 Å². The Bertz CT molecular complexity index is 283. The normalized spacial score (nSPS) is 20.9. The minimum atomic E-state index is -0.551. The molecule has 17 heavy (non-hydrogen) atoms. The van der Waals surface area contributed by atoms with Gasteiger partial charge in [-0.15, -0.1) is 0 Å². The van der Waals surface area contributed by atoms with Gasteiger partial charge in [0.15, 0.2) is 0 Å². The molecule has 0 bridgehead atoms. The summed E-state index contributed by atoms with van der Waals surface area (Å²) in [5.41, 5.74) is 4.59. The molecule has 0 aliphatic carbocycles. The first kappa shape index (κ1) is 14.0. The molecular formula is C12H23N3O2. The van der Waals surface area contributed by atoms with Gasteiger partial charge < -0.3 is 16.4 Å². The van der Waals surface area contributed by atoms with E-state index in [9.17, 15) is 9.59 Å². The van der Waals surface area contributed by atoms with Crippen LogP contribution in [0.2, 0.25) is 0 Å². The SMILES string of the molecule is CC(C)(CC(N)=O)NC(=O)CC1CCCNC1. The number of rotatable bonds is 5. The Morgan fingerprint density at radius 3 is 2.71 bits per heavy atom. The van der Waals surface area contributed by atoms with Crippen molar-refractivity contribution >= 4 is 11.8 Å². The maximum atomic E-state index is 11.8. The standard InChI is InChI=1S/C12H23N3O2/c1-12(2,7-10(13)16)15-11(17)6-9-4-3-5-14-8-9/h9,14H,3-8H2,1-2H3,(H2,13,16)(H,15,17). The summed E-state index contributed by atoms with van der Waals surface area (Å²) < 4.78 is 0. The van der Waals surface area contributed by atoms with Crippen molar-refractivity contribution in [3.8, 4) is 0 Å². The van der Waals surface area contributed by atoms with Crippen molar-refractivity contribution in [1.29, 1.82) is 0 Å². The third-order valence-electron chi connectivity index (χ3n) is 2.97. The molecule has 1 rings (SSSR count). The van der Waals surface area contributed by atoms with Crippen LogP contribution in [0.15, 0.2) is 0 Å². The van der Waals surface area contributed by atoms with Gasteiger partial charge in [-0.1, -0.05) is 0 Å². The molecule has 4 N–H and O–H groups in total. The molecule has 1 unspecified atom stereocenters.